The highest BCUT2D eigenvalue weighted by Gasteiger charge is 2.31. The summed E-state index contributed by atoms with van der Waals surface area (Å²) in [5.41, 5.74) is 2.80. The van der Waals surface area contributed by atoms with Crippen LogP contribution in [0.25, 0.3) is 0 Å². The van der Waals surface area contributed by atoms with E-state index in [1.165, 1.54) is 19.1 Å². The van der Waals surface area contributed by atoms with Crippen molar-refractivity contribution in [2.45, 2.75) is 44.7 Å². The van der Waals surface area contributed by atoms with Crippen LogP contribution in [0.1, 0.15) is 36.6 Å². The Morgan fingerprint density at radius 3 is 2.00 bits per heavy atom. The number of hydrogen-bond donors (Lipinski definition) is 1. The lowest BCUT2D eigenvalue weighted by Gasteiger charge is -2.30. The average molecular weight is 453 g/mol. The molecule has 1 amide bonds. The molecule has 2 aromatic carbocycles. The first-order valence-electron chi connectivity index (χ1n) is 9.39. The zero-order valence-electron chi connectivity index (χ0n) is 18.0. The van der Waals surface area contributed by atoms with Gasteiger partial charge in [0.25, 0.3) is 0 Å². The zero-order valence-corrected chi connectivity index (χ0v) is 19.6. The van der Waals surface area contributed by atoms with E-state index in [1.807, 2.05) is 19.1 Å². The van der Waals surface area contributed by atoms with Crippen LogP contribution in [0, 0.1) is 13.8 Å². The lowest BCUT2D eigenvalue weighted by atomic mass is 10.1. The number of aryl methyl sites for hydroxylation is 2. The summed E-state index contributed by atoms with van der Waals surface area (Å²) in [7, 11) is -7.03. The summed E-state index contributed by atoms with van der Waals surface area (Å²) < 4.78 is 49.4. The Morgan fingerprint density at radius 2 is 1.50 bits per heavy atom. The van der Waals surface area contributed by atoms with Gasteiger partial charge in [-0.25, -0.2) is 16.8 Å². The Bertz CT molecular complexity index is 1140. The van der Waals surface area contributed by atoms with Crippen LogP contribution in [-0.2, 0) is 24.7 Å². The fraction of sp³-hybridized carbons (Fsp3) is 0.381. The topological polar surface area (TPSA) is 101 Å². The highest BCUT2D eigenvalue weighted by molar-refractivity contribution is 7.92. The van der Waals surface area contributed by atoms with Gasteiger partial charge in [-0.2, -0.15) is 0 Å². The first kappa shape index (κ1) is 23.9. The molecule has 2 atom stereocenters. The molecule has 0 saturated heterocycles. The third-order valence-electron chi connectivity index (χ3n) is 4.86. The predicted octanol–water partition coefficient (Wildman–Crippen LogP) is 2.74. The maximum atomic E-state index is 12.9. The van der Waals surface area contributed by atoms with Gasteiger partial charge in [-0.05, 0) is 62.6 Å². The maximum absolute atomic E-state index is 12.9. The molecule has 9 heteroatoms. The second kappa shape index (κ2) is 8.77. The number of sulfone groups is 1. The summed E-state index contributed by atoms with van der Waals surface area (Å²) in [4.78, 5) is 13.1. The number of carbonyl (C=O) groups excluding carboxylic acids is 1. The minimum atomic E-state index is -3.72. The van der Waals surface area contributed by atoms with Gasteiger partial charge in [0.15, 0.2) is 9.84 Å². The fourth-order valence-corrected chi connectivity index (χ4v) is 5.01. The van der Waals surface area contributed by atoms with Crippen molar-refractivity contribution in [3.05, 3.63) is 59.2 Å². The maximum Gasteiger partial charge on any atom is 0.244 e. The molecular weight excluding hydrogens is 424 g/mol. The minimum Gasteiger partial charge on any atom is -0.348 e. The van der Waals surface area contributed by atoms with Gasteiger partial charge in [-0.15, -0.1) is 0 Å². The van der Waals surface area contributed by atoms with Crippen molar-refractivity contribution in [3.8, 4) is 0 Å². The number of carbonyl (C=O) groups is 1. The van der Waals surface area contributed by atoms with E-state index in [0.717, 1.165) is 27.9 Å². The highest BCUT2D eigenvalue weighted by atomic mass is 32.2. The standard InChI is InChI=1S/C21H28N2O5S2/c1-14-7-8-15(2)20(13-14)23(30(6,27)28)17(4)21(24)22-16(3)18-9-11-19(12-10-18)29(5,25)26/h7-13,16-17H,1-6H3,(H,22,24)/t16-,17+/m1/s1. The zero-order chi connectivity index (χ0) is 22.9. The quantitative estimate of drug-likeness (QED) is 0.696. The number of hydrogen-bond acceptors (Lipinski definition) is 5. The molecule has 30 heavy (non-hydrogen) atoms. The molecule has 0 aliphatic rings. The fourth-order valence-electron chi connectivity index (χ4n) is 3.16. The molecule has 2 aromatic rings. The van der Waals surface area contributed by atoms with Crippen LogP contribution in [0.5, 0.6) is 0 Å². The summed E-state index contributed by atoms with van der Waals surface area (Å²) in [5.74, 6) is -0.457. The molecule has 0 bridgehead atoms. The van der Waals surface area contributed by atoms with E-state index in [0.29, 0.717) is 11.3 Å². The van der Waals surface area contributed by atoms with Crippen molar-refractivity contribution in [2.75, 3.05) is 16.8 Å². The summed E-state index contributed by atoms with van der Waals surface area (Å²) >= 11 is 0. The van der Waals surface area contributed by atoms with E-state index in [2.05, 4.69) is 5.32 Å². The van der Waals surface area contributed by atoms with Gasteiger partial charge in [0, 0.05) is 6.26 Å². The van der Waals surface area contributed by atoms with Gasteiger partial charge < -0.3 is 5.32 Å². The van der Waals surface area contributed by atoms with Crippen LogP contribution in [0.4, 0.5) is 5.69 Å². The molecule has 164 valence electrons. The van der Waals surface area contributed by atoms with Crippen LogP contribution < -0.4 is 9.62 Å². The first-order chi connectivity index (χ1) is 13.7. The Kier molecular flexibility index (Phi) is 6.98. The van der Waals surface area contributed by atoms with Crippen LogP contribution in [0.15, 0.2) is 47.4 Å². The van der Waals surface area contributed by atoms with Crippen LogP contribution in [-0.4, -0.2) is 41.3 Å². The Balaban J connectivity index is 2.28. The third kappa shape index (κ3) is 5.60. The SMILES string of the molecule is Cc1ccc(C)c(N([C@@H](C)C(=O)N[C@H](C)c2ccc(S(C)(=O)=O)cc2)S(C)(=O)=O)c1. The number of amides is 1. The lowest BCUT2D eigenvalue weighted by molar-refractivity contribution is -0.122. The van der Waals surface area contributed by atoms with Gasteiger partial charge in [0.2, 0.25) is 15.9 Å². The van der Waals surface area contributed by atoms with Crippen LogP contribution >= 0.6 is 0 Å². The monoisotopic (exact) mass is 452 g/mol. The van der Waals surface area contributed by atoms with E-state index in [1.54, 1.807) is 32.0 Å². The van der Waals surface area contributed by atoms with Crippen molar-refractivity contribution >= 4 is 31.5 Å². The number of nitrogens with zero attached hydrogens (tertiary/aromatic N) is 1. The molecule has 7 nitrogen and oxygen atoms in total. The van der Waals surface area contributed by atoms with Crippen LogP contribution in [0.2, 0.25) is 0 Å². The molecule has 0 heterocycles. The minimum absolute atomic E-state index is 0.191. The molecule has 0 fully saturated rings. The third-order valence-corrected chi connectivity index (χ3v) is 7.21. The van der Waals surface area contributed by atoms with Crippen molar-refractivity contribution in [1.29, 1.82) is 0 Å². The molecule has 0 unspecified atom stereocenters. The Labute approximate surface area is 179 Å². The molecule has 0 aliphatic heterocycles. The second-order valence-electron chi connectivity index (χ2n) is 7.60. The summed E-state index contributed by atoms with van der Waals surface area (Å²) in [6, 6.07) is 10.3. The van der Waals surface area contributed by atoms with Crippen molar-refractivity contribution in [2.24, 2.45) is 0 Å². The lowest BCUT2D eigenvalue weighted by Crippen LogP contribution is -2.48. The normalized spacial score (nSPS) is 14.1. The van der Waals surface area contributed by atoms with Crippen molar-refractivity contribution in [1.82, 2.24) is 5.32 Å². The van der Waals surface area contributed by atoms with Gasteiger partial charge in [-0.1, -0.05) is 24.3 Å². The van der Waals surface area contributed by atoms with E-state index < -0.39 is 37.9 Å². The van der Waals surface area contributed by atoms with Gasteiger partial charge in [0.05, 0.1) is 22.9 Å². The van der Waals surface area contributed by atoms with Gasteiger partial charge >= 0.3 is 0 Å². The Hall–Kier alpha value is -2.39. The smallest absolute Gasteiger partial charge is 0.244 e. The molecular formula is C21H28N2O5S2. The van der Waals surface area contributed by atoms with E-state index in [4.69, 9.17) is 0 Å². The van der Waals surface area contributed by atoms with E-state index in [-0.39, 0.29) is 4.90 Å². The van der Waals surface area contributed by atoms with Gasteiger partial charge in [0.1, 0.15) is 6.04 Å². The molecule has 2 rings (SSSR count). The molecule has 0 radical (unpaired) electrons. The number of nitrogens with one attached hydrogen (secondary N) is 1. The predicted molar refractivity (Wildman–Crippen MR) is 119 cm³/mol. The molecule has 0 aliphatic carbocycles. The molecule has 0 aromatic heterocycles. The highest BCUT2D eigenvalue weighted by Crippen LogP contribution is 2.26. The number of rotatable bonds is 7. The molecule has 0 saturated carbocycles. The van der Waals surface area contributed by atoms with Crippen molar-refractivity contribution in [3.63, 3.8) is 0 Å². The summed E-state index contributed by atoms with van der Waals surface area (Å²) in [6.45, 7) is 6.94. The number of anilines is 1. The Morgan fingerprint density at radius 1 is 0.933 bits per heavy atom. The molecule has 0 spiro atoms. The van der Waals surface area contributed by atoms with Gasteiger partial charge in [-0.3, -0.25) is 9.10 Å². The van der Waals surface area contributed by atoms with Crippen LogP contribution in [0.3, 0.4) is 0 Å². The number of benzene rings is 2. The largest absolute Gasteiger partial charge is 0.348 e. The second-order valence-corrected chi connectivity index (χ2v) is 11.5. The van der Waals surface area contributed by atoms with E-state index >= 15 is 0 Å². The first-order valence-corrected chi connectivity index (χ1v) is 13.1. The van der Waals surface area contributed by atoms with Crippen molar-refractivity contribution < 1.29 is 21.6 Å². The summed E-state index contributed by atoms with van der Waals surface area (Å²) in [6.07, 6.45) is 2.20. The van der Waals surface area contributed by atoms with E-state index in [9.17, 15) is 21.6 Å². The molecule has 1 N–H and O–H groups in total. The number of sulfonamides is 1. The average Bonchev–Trinajstić information content (AvgIpc) is 2.62. The summed E-state index contributed by atoms with van der Waals surface area (Å²) in [5, 5.41) is 2.82.